The summed E-state index contributed by atoms with van der Waals surface area (Å²) < 4.78 is 5.59. The summed E-state index contributed by atoms with van der Waals surface area (Å²) in [7, 11) is 6.32. The van der Waals surface area contributed by atoms with E-state index in [0.29, 0.717) is 12.5 Å². The van der Waals surface area contributed by atoms with Gasteiger partial charge in [-0.25, -0.2) is 0 Å². The lowest BCUT2D eigenvalue weighted by atomic mass is 10.3. The molecule has 0 aromatic heterocycles. The normalized spacial score (nSPS) is 36.9. The summed E-state index contributed by atoms with van der Waals surface area (Å²) in [5, 5.41) is 0. The molecule has 2 aliphatic rings. The third-order valence-corrected chi connectivity index (χ3v) is 2.85. The lowest BCUT2D eigenvalue weighted by Crippen LogP contribution is -2.46. The first kappa shape index (κ1) is 9.40. The molecule has 4 heteroatoms. The van der Waals surface area contributed by atoms with Crippen LogP contribution in [0.4, 0.5) is 0 Å². The van der Waals surface area contributed by atoms with Crippen molar-refractivity contribution in [3.63, 3.8) is 0 Å². The van der Waals surface area contributed by atoms with Gasteiger partial charge in [0.25, 0.3) is 0 Å². The fourth-order valence-corrected chi connectivity index (χ4v) is 1.82. The van der Waals surface area contributed by atoms with Gasteiger partial charge in [-0.1, -0.05) is 0 Å². The SMILES string of the molecule is CN1CCN(C2OC2N(C)C)CC1. The number of hydrogen-bond donors (Lipinski definition) is 0. The Morgan fingerprint density at radius 2 is 1.77 bits per heavy atom. The van der Waals surface area contributed by atoms with Crippen molar-refractivity contribution < 1.29 is 4.74 Å². The molecule has 0 radical (unpaired) electrons. The summed E-state index contributed by atoms with van der Waals surface area (Å²) in [5.41, 5.74) is 0. The van der Waals surface area contributed by atoms with E-state index in [4.69, 9.17) is 4.74 Å². The number of nitrogens with zero attached hydrogens (tertiary/aromatic N) is 3. The summed E-state index contributed by atoms with van der Waals surface area (Å²) >= 11 is 0. The zero-order valence-electron chi connectivity index (χ0n) is 8.73. The summed E-state index contributed by atoms with van der Waals surface area (Å²) in [6, 6.07) is 0. The molecular weight excluding hydrogens is 166 g/mol. The Morgan fingerprint density at radius 1 is 1.15 bits per heavy atom. The summed E-state index contributed by atoms with van der Waals surface area (Å²) in [5.74, 6) is 0. The molecule has 2 saturated heterocycles. The first-order valence-electron chi connectivity index (χ1n) is 4.93. The van der Waals surface area contributed by atoms with Crippen LogP contribution in [0.3, 0.4) is 0 Å². The Balaban J connectivity index is 1.78. The van der Waals surface area contributed by atoms with Crippen LogP contribution in [-0.4, -0.2) is 74.5 Å². The van der Waals surface area contributed by atoms with Gasteiger partial charge < -0.3 is 9.64 Å². The molecule has 2 unspecified atom stereocenters. The van der Waals surface area contributed by atoms with E-state index in [2.05, 4.69) is 35.8 Å². The predicted octanol–water partition coefficient (Wildman–Crippen LogP) is -0.522. The molecule has 76 valence electrons. The molecule has 0 amide bonds. The molecule has 0 aliphatic carbocycles. The largest absolute Gasteiger partial charge is 0.336 e. The van der Waals surface area contributed by atoms with Crippen LogP contribution in [0, 0.1) is 0 Å². The molecule has 4 nitrogen and oxygen atoms in total. The van der Waals surface area contributed by atoms with Crippen molar-refractivity contribution >= 4 is 0 Å². The third kappa shape index (κ3) is 2.02. The summed E-state index contributed by atoms with van der Waals surface area (Å²) in [6.07, 6.45) is 0.701. The van der Waals surface area contributed by atoms with Crippen LogP contribution in [0.2, 0.25) is 0 Å². The van der Waals surface area contributed by atoms with E-state index in [1.54, 1.807) is 0 Å². The molecule has 13 heavy (non-hydrogen) atoms. The van der Waals surface area contributed by atoms with E-state index in [1.807, 2.05) is 0 Å². The average molecular weight is 185 g/mol. The molecule has 0 aromatic carbocycles. The minimum atomic E-state index is 0.336. The van der Waals surface area contributed by atoms with Crippen LogP contribution in [0.1, 0.15) is 0 Å². The van der Waals surface area contributed by atoms with Gasteiger partial charge in [-0.15, -0.1) is 0 Å². The van der Waals surface area contributed by atoms with Crippen molar-refractivity contribution in [1.29, 1.82) is 0 Å². The lowest BCUT2D eigenvalue weighted by molar-refractivity contribution is 0.105. The van der Waals surface area contributed by atoms with E-state index in [1.165, 1.54) is 13.1 Å². The van der Waals surface area contributed by atoms with Crippen molar-refractivity contribution in [2.45, 2.75) is 12.5 Å². The second-order valence-corrected chi connectivity index (χ2v) is 4.22. The molecule has 0 bridgehead atoms. The van der Waals surface area contributed by atoms with Crippen LogP contribution in [0.25, 0.3) is 0 Å². The number of ether oxygens (including phenoxy) is 1. The van der Waals surface area contributed by atoms with Crippen molar-refractivity contribution in [3.8, 4) is 0 Å². The van der Waals surface area contributed by atoms with Crippen molar-refractivity contribution in [1.82, 2.24) is 14.7 Å². The topological polar surface area (TPSA) is 22.2 Å². The van der Waals surface area contributed by atoms with Gasteiger partial charge in [0.05, 0.1) is 0 Å². The Bertz CT molecular complexity index is 178. The highest BCUT2D eigenvalue weighted by molar-refractivity contribution is 4.85. The highest BCUT2D eigenvalue weighted by atomic mass is 16.6. The smallest absolute Gasteiger partial charge is 0.153 e. The van der Waals surface area contributed by atoms with E-state index in [0.717, 1.165) is 13.1 Å². The quantitative estimate of drug-likeness (QED) is 0.540. The van der Waals surface area contributed by atoms with Gasteiger partial charge in [0.1, 0.15) is 0 Å². The zero-order valence-corrected chi connectivity index (χ0v) is 8.73. The van der Waals surface area contributed by atoms with Crippen molar-refractivity contribution in [3.05, 3.63) is 0 Å². The van der Waals surface area contributed by atoms with Gasteiger partial charge in [-0.3, -0.25) is 9.80 Å². The fraction of sp³-hybridized carbons (Fsp3) is 1.00. The van der Waals surface area contributed by atoms with Crippen LogP contribution in [0.5, 0.6) is 0 Å². The van der Waals surface area contributed by atoms with Crippen LogP contribution >= 0.6 is 0 Å². The molecule has 0 aromatic rings. The average Bonchev–Trinajstić information content (AvgIpc) is 2.85. The molecule has 0 spiro atoms. The molecular formula is C9H19N3O. The monoisotopic (exact) mass is 185 g/mol. The Hall–Kier alpha value is -0.160. The van der Waals surface area contributed by atoms with E-state index < -0.39 is 0 Å². The molecule has 2 aliphatic heterocycles. The number of rotatable bonds is 2. The maximum atomic E-state index is 5.59. The summed E-state index contributed by atoms with van der Waals surface area (Å²) in [4.78, 5) is 6.94. The number of hydrogen-bond acceptors (Lipinski definition) is 4. The van der Waals surface area contributed by atoms with Gasteiger partial charge in [-0.05, 0) is 21.1 Å². The molecule has 2 atom stereocenters. The number of epoxide rings is 1. The number of piperazine rings is 1. The van der Waals surface area contributed by atoms with Crippen LogP contribution in [-0.2, 0) is 4.74 Å². The van der Waals surface area contributed by atoms with Gasteiger partial charge in [0, 0.05) is 26.2 Å². The Labute approximate surface area is 80.0 Å². The van der Waals surface area contributed by atoms with Crippen molar-refractivity contribution in [2.24, 2.45) is 0 Å². The Kier molecular flexibility index (Phi) is 2.55. The third-order valence-electron chi connectivity index (χ3n) is 2.85. The van der Waals surface area contributed by atoms with E-state index in [-0.39, 0.29) is 0 Å². The first-order valence-corrected chi connectivity index (χ1v) is 4.93. The molecule has 0 saturated carbocycles. The molecule has 2 heterocycles. The molecule has 2 rings (SSSR count). The van der Waals surface area contributed by atoms with Crippen LogP contribution in [0.15, 0.2) is 0 Å². The van der Waals surface area contributed by atoms with Gasteiger partial charge in [0.2, 0.25) is 0 Å². The van der Waals surface area contributed by atoms with Crippen molar-refractivity contribution in [2.75, 3.05) is 47.3 Å². The van der Waals surface area contributed by atoms with Gasteiger partial charge in [-0.2, -0.15) is 0 Å². The van der Waals surface area contributed by atoms with E-state index >= 15 is 0 Å². The zero-order chi connectivity index (χ0) is 9.42. The maximum absolute atomic E-state index is 5.59. The first-order chi connectivity index (χ1) is 6.18. The van der Waals surface area contributed by atoms with E-state index in [9.17, 15) is 0 Å². The lowest BCUT2D eigenvalue weighted by Gasteiger charge is -2.31. The second-order valence-electron chi connectivity index (χ2n) is 4.22. The minimum Gasteiger partial charge on any atom is -0.336 e. The van der Waals surface area contributed by atoms with Gasteiger partial charge in [0.15, 0.2) is 12.5 Å². The fourth-order valence-electron chi connectivity index (χ4n) is 1.82. The highest BCUT2D eigenvalue weighted by Gasteiger charge is 2.45. The Morgan fingerprint density at radius 3 is 2.23 bits per heavy atom. The standard InChI is InChI=1S/C9H19N3O/c1-10(2)8-9(13-8)12-6-4-11(3)5-7-12/h8-9H,4-7H2,1-3H3. The number of likely N-dealkylation sites (N-methyl/N-ethyl adjacent to an activating group) is 2. The molecule has 0 N–H and O–H groups in total. The predicted molar refractivity (Wildman–Crippen MR) is 51.4 cm³/mol. The highest BCUT2D eigenvalue weighted by Crippen LogP contribution is 2.27. The minimum absolute atomic E-state index is 0.336. The summed E-state index contributed by atoms with van der Waals surface area (Å²) in [6.45, 7) is 4.62. The maximum Gasteiger partial charge on any atom is 0.153 e. The van der Waals surface area contributed by atoms with Gasteiger partial charge >= 0.3 is 0 Å². The van der Waals surface area contributed by atoms with Crippen LogP contribution < -0.4 is 0 Å². The molecule has 2 fully saturated rings. The second kappa shape index (κ2) is 3.53.